The molecule has 176 valence electrons. The molecular formula is C25H21ClF3N3O2. The Balaban J connectivity index is 1.86. The third-order valence-electron chi connectivity index (χ3n) is 5.65. The van der Waals surface area contributed by atoms with Crippen molar-refractivity contribution in [2.75, 3.05) is 6.61 Å². The van der Waals surface area contributed by atoms with Crippen LogP contribution in [0.4, 0.5) is 13.2 Å². The van der Waals surface area contributed by atoms with Crippen LogP contribution in [-0.4, -0.2) is 27.2 Å². The number of hydrogen-bond acceptors (Lipinski definition) is 4. The summed E-state index contributed by atoms with van der Waals surface area (Å²) in [5.41, 5.74) is 0.708. The van der Waals surface area contributed by atoms with E-state index in [0.717, 1.165) is 17.7 Å². The molecule has 0 aliphatic rings. The Kier molecular flexibility index (Phi) is 6.36. The minimum Gasteiger partial charge on any atom is -0.465 e. The van der Waals surface area contributed by atoms with Crippen LogP contribution >= 0.6 is 11.6 Å². The molecule has 1 atom stereocenters. The van der Waals surface area contributed by atoms with E-state index in [0.29, 0.717) is 28.9 Å². The molecule has 0 aliphatic carbocycles. The normalized spacial score (nSPS) is 13.6. The highest BCUT2D eigenvalue weighted by Crippen LogP contribution is 2.37. The maximum Gasteiger partial charge on any atom is 0.416 e. The summed E-state index contributed by atoms with van der Waals surface area (Å²) in [7, 11) is 0. The first-order valence-corrected chi connectivity index (χ1v) is 10.9. The van der Waals surface area contributed by atoms with Crippen LogP contribution in [0.1, 0.15) is 30.7 Å². The van der Waals surface area contributed by atoms with Gasteiger partial charge in [0, 0.05) is 11.8 Å². The molecule has 0 N–H and O–H groups in total. The highest BCUT2D eigenvalue weighted by atomic mass is 35.5. The number of alkyl halides is 3. The van der Waals surface area contributed by atoms with Crippen molar-refractivity contribution in [3.8, 4) is 11.1 Å². The SMILES string of the molecule is CCOC(=O)[C@@](C)(Cc1ccccc1)c1c(Cl)cnc2c(-c3ccc(C(F)(F)F)cc3)cnn12. The lowest BCUT2D eigenvalue weighted by Gasteiger charge is -2.29. The maximum absolute atomic E-state index is 13.2. The van der Waals surface area contributed by atoms with E-state index in [1.54, 1.807) is 13.8 Å². The van der Waals surface area contributed by atoms with Crippen molar-refractivity contribution in [3.05, 3.63) is 88.8 Å². The fraction of sp³-hybridized carbons (Fsp3) is 0.240. The standard InChI is InChI=1S/C25H21ClF3N3O2/c1-3-34-23(33)24(2,13-16-7-5-4-6-8-16)21-20(26)15-30-22-19(14-31-32(21)22)17-9-11-18(12-10-17)25(27,28)29/h4-12,14-15H,3,13H2,1-2H3/t24-/m0/s1. The van der Waals surface area contributed by atoms with Gasteiger partial charge in [0.2, 0.25) is 0 Å². The summed E-state index contributed by atoms with van der Waals surface area (Å²) in [5.74, 6) is -0.472. The van der Waals surface area contributed by atoms with Crippen molar-refractivity contribution < 1.29 is 22.7 Å². The van der Waals surface area contributed by atoms with Crippen LogP contribution in [0.5, 0.6) is 0 Å². The van der Waals surface area contributed by atoms with E-state index < -0.39 is 23.1 Å². The monoisotopic (exact) mass is 487 g/mol. The molecule has 0 unspecified atom stereocenters. The van der Waals surface area contributed by atoms with E-state index in [2.05, 4.69) is 10.1 Å². The summed E-state index contributed by atoms with van der Waals surface area (Å²) < 4.78 is 45.8. The lowest BCUT2D eigenvalue weighted by Crippen LogP contribution is -2.39. The van der Waals surface area contributed by atoms with Gasteiger partial charge < -0.3 is 4.74 Å². The van der Waals surface area contributed by atoms with E-state index >= 15 is 0 Å². The van der Waals surface area contributed by atoms with Crippen LogP contribution in [0.15, 0.2) is 67.0 Å². The zero-order chi connectivity index (χ0) is 24.5. The summed E-state index contributed by atoms with van der Waals surface area (Å²) in [5, 5.41) is 4.64. The number of fused-ring (bicyclic) bond motifs is 1. The average Bonchev–Trinajstić information content (AvgIpc) is 3.23. The van der Waals surface area contributed by atoms with Crippen LogP contribution in [0.25, 0.3) is 16.8 Å². The van der Waals surface area contributed by atoms with Gasteiger partial charge in [-0.2, -0.15) is 18.3 Å². The largest absolute Gasteiger partial charge is 0.465 e. The Morgan fingerprint density at radius 3 is 2.35 bits per heavy atom. The number of aromatic nitrogens is 3. The van der Waals surface area contributed by atoms with Gasteiger partial charge in [0.1, 0.15) is 5.41 Å². The smallest absolute Gasteiger partial charge is 0.416 e. The van der Waals surface area contributed by atoms with Crippen LogP contribution in [0.3, 0.4) is 0 Å². The molecule has 0 aliphatic heterocycles. The Bertz CT molecular complexity index is 1320. The summed E-state index contributed by atoms with van der Waals surface area (Å²) in [6, 6.07) is 14.2. The molecule has 5 nitrogen and oxygen atoms in total. The molecule has 2 aromatic heterocycles. The fourth-order valence-electron chi connectivity index (χ4n) is 4.00. The molecule has 9 heteroatoms. The Morgan fingerprint density at radius 2 is 1.74 bits per heavy atom. The number of nitrogens with zero attached hydrogens (tertiary/aromatic N) is 3. The number of carbonyl (C=O) groups excluding carboxylic acids is 1. The number of ether oxygens (including phenoxy) is 1. The number of hydrogen-bond donors (Lipinski definition) is 0. The average molecular weight is 488 g/mol. The second-order valence-electron chi connectivity index (χ2n) is 8.04. The van der Waals surface area contributed by atoms with Gasteiger partial charge in [-0.3, -0.25) is 4.79 Å². The molecule has 2 heterocycles. The van der Waals surface area contributed by atoms with Crippen LogP contribution in [-0.2, 0) is 27.5 Å². The van der Waals surface area contributed by atoms with Crippen molar-refractivity contribution >= 4 is 23.2 Å². The number of rotatable bonds is 6. The number of esters is 1. The van der Waals surface area contributed by atoms with Gasteiger partial charge in [-0.1, -0.05) is 54.1 Å². The van der Waals surface area contributed by atoms with Crippen LogP contribution in [0.2, 0.25) is 5.02 Å². The van der Waals surface area contributed by atoms with Gasteiger partial charge in [-0.25, -0.2) is 9.50 Å². The van der Waals surface area contributed by atoms with E-state index in [4.69, 9.17) is 16.3 Å². The van der Waals surface area contributed by atoms with Crippen molar-refractivity contribution in [2.45, 2.75) is 31.9 Å². The van der Waals surface area contributed by atoms with Crippen LogP contribution in [0, 0.1) is 0 Å². The van der Waals surface area contributed by atoms with Gasteiger partial charge in [0.05, 0.1) is 29.1 Å². The first kappa shape index (κ1) is 23.8. The number of carbonyl (C=O) groups is 1. The van der Waals surface area contributed by atoms with E-state index in [1.165, 1.54) is 29.0 Å². The van der Waals surface area contributed by atoms with Crippen molar-refractivity contribution in [1.82, 2.24) is 14.6 Å². The molecule has 0 amide bonds. The first-order valence-electron chi connectivity index (χ1n) is 10.6. The topological polar surface area (TPSA) is 56.5 Å². The maximum atomic E-state index is 13.2. The minimum absolute atomic E-state index is 0.185. The minimum atomic E-state index is -4.43. The highest BCUT2D eigenvalue weighted by molar-refractivity contribution is 6.31. The van der Waals surface area contributed by atoms with Crippen LogP contribution < -0.4 is 0 Å². The summed E-state index contributed by atoms with van der Waals surface area (Å²) >= 11 is 6.57. The summed E-state index contributed by atoms with van der Waals surface area (Å²) in [6.45, 7) is 3.64. The lowest BCUT2D eigenvalue weighted by atomic mass is 9.80. The number of halogens is 4. The van der Waals surface area contributed by atoms with Gasteiger partial charge in [0.15, 0.2) is 5.65 Å². The molecule has 0 radical (unpaired) electrons. The van der Waals surface area contributed by atoms with E-state index in [9.17, 15) is 18.0 Å². The zero-order valence-corrected chi connectivity index (χ0v) is 19.2. The Morgan fingerprint density at radius 1 is 1.06 bits per heavy atom. The van der Waals surface area contributed by atoms with Gasteiger partial charge in [0.25, 0.3) is 0 Å². The molecule has 4 rings (SSSR count). The summed E-state index contributed by atoms with van der Waals surface area (Å²) in [6.07, 6.45) is -1.22. The summed E-state index contributed by atoms with van der Waals surface area (Å²) in [4.78, 5) is 17.6. The molecule has 34 heavy (non-hydrogen) atoms. The van der Waals surface area contributed by atoms with Crippen molar-refractivity contribution in [3.63, 3.8) is 0 Å². The second-order valence-corrected chi connectivity index (χ2v) is 8.45. The van der Waals surface area contributed by atoms with Gasteiger partial charge >= 0.3 is 12.1 Å². The van der Waals surface area contributed by atoms with E-state index in [1.807, 2.05) is 30.3 Å². The Hall–Kier alpha value is -3.39. The zero-order valence-electron chi connectivity index (χ0n) is 18.4. The molecule has 0 bridgehead atoms. The van der Waals surface area contributed by atoms with Crippen molar-refractivity contribution in [2.24, 2.45) is 0 Å². The predicted molar refractivity (Wildman–Crippen MR) is 123 cm³/mol. The highest BCUT2D eigenvalue weighted by Gasteiger charge is 2.41. The fourth-order valence-corrected chi connectivity index (χ4v) is 4.33. The second kappa shape index (κ2) is 9.10. The van der Waals surface area contributed by atoms with E-state index in [-0.39, 0.29) is 11.6 Å². The third-order valence-corrected chi connectivity index (χ3v) is 5.93. The molecule has 0 spiro atoms. The quantitative estimate of drug-likeness (QED) is 0.307. The third kappa shape index (κ3) is 4.37. The van der Waals surface area contributed by atoms with Gasteiger partial charge in [-0.15, -0.1) is 0 Å². The molecular weight excluding hydrogens is 467 g/mol. The first-order chi connectivity index (χ1) is 16.1. The molecule has 0 saturated heterocycles. The number of benzene rings is 2. The molecule has 0 fully saturated rings. The Labute approximate surface area is 199 Å². The molecule has 0 saturated carbocycles. The van der Waals surface area contributed by atoms with Gasteiger partial charge in [-0.05, 0) is 43.5 Å². The van der Waals surface area contributed by atoms with Crippen molar-refractivity contribution in [1.29, 1.82) is 0 Å². The predicted octanol–water partition coefficient (Wildman–Crippen LogP) is 6.13. The lowest BCUT2D eigenvalue weighted by molar-refractivity contribution is -0.149. The molecule has 2 aromatic carbocycles. The molecule has 4 aromatic rings.